The molecular weight excluding hydrogens is 258 g/mol. The van der Waals surface area contributed by atoms with E-state index in [1.165, 1.54) is 5.56 Å². The Morgan fingerprint density at radius 3 is 2.42 bits per heavy atom. The SMILES string of the molecule is CCc1ccc(NC(=O)c2ccc(C)cc2Cl)cc1. The molecule has 2 rings (SSSR count). The Bertz CT molecular complexity index is 590. The molecule has 2 aromatic carbocycles. The molecule has 0 aliphatic rings. The highest BCUT2D eigenvalue weighted by atomic mass is 35.5. The number of carbonyl (C=O) groups excluding carboxylic acids is 1. The number of carbonyl (C=O) groups is 1. The van der Waals surface area contributed by atoms with Crippen molar-refractivity contribution in [1.29, 1.82) is 0 Å². The van der Waals surface area contributed by atoms with Crippen molar-refractivity contribution in [2.24, 2.45) is 0 Å². The van der Waals surface area contributed by atoms with Crippen LogP contribution in [0.15, 0.2) is 42.5 Å². The second-order valence-electron chi connectivity index (χ2n) is 4.49. The number of hydrogen-bond donors (Lipinski definition) is 1. The van der Waals surface area contributed by atoms with Gasteiger partial charge in [-0.1, -0.05) is 36.7 Å². The molecule has 0 unspecified atom stereocenters. The van der Waals surface area contributed by atoms with E-state index in [2.05, 4.69) is 12.2 Å². The van der Waals surface area contributed by atoms with E-state index in [9.17, 15) is 4.79 Å². The Morgan fingerprint density at radius 1 is 1.16 bits per heavy atom. The monoisotopic (exact) mass is 273 g/mol. The molecule has 0 aliphatic heterocycles. The van der Waals surface area contributed by atoms with Gasteiger partial charge in [-0.15, -0.1) is 0 Å². The summed E-state index contributed by atoms with van der Waals surface area (Å²) < 4.78 is 0. The summed E-state index contributed by atoms with van der Waals surface area (Å²) in [6, 6.07) is 13.2. The highest BCUT2D eigenvalue weighted by molar-refractivity contribution is 6.34. The Balaban J connectivity index is 2.15. The van der Waals surface area contributed by atoms with Crippen LogP contribution in [0, 0.1) is 6.92 Å². The second-order valence-corrected chi connectivity index (χ2v) is 4.90. The fourth-order valence-electron chi connectivity index (χ4n) is 1.83. The molecule has 0 fully saturated rings. The van der Waals surface area contributed by atoms with E-state index >= 15 is 0 Å². The number of amides is 1. The van der Waals surface area contributed by atoms with Crippen molar-refractivity contribution >= 4 is 23.2 Å². The van der Waals surface area contributed by atoms with Crippen molar-refractivity contribution in [1.82, 2.24) is 0 Å². The number of benzene rings is 2. The van der Waals surface area contributed by atoms with Crippen molar-refractivity contribution in [3.8, 4) is 0 Å². The molecule has 1 amide bonds. The Kier molecular flexibility index (Phi) is 4.23. The van der Waals surface area contributed by atoms with E-state index < -0.39 is 0 Å². The number of nitrogens with one attached hydrogen (secondary N) is 1. The third-order valence-electron chi connectivity index (χ3n) is 2.99. The molecule has 0 heterocycles. The summed E-state index contributed by atoms with van der Waals surface area (Å²) in [5.41, 5.74) is 3.55. The molecule has 2 aromatic rings. The maximum Gasteiger partial charge on any atom is 0.257 e. The zero-order chi connectivity index (χ0) is 13.8. The van der Waals surface area contributed by atoms with Gasteiger partial charge in [0.25, 0.3) is 5.91 Å². The lowest BCUT2D eigenvalue weighted by molar-refractivity contribution is 0.102. The predicted molar refractivity (Wildman–Crippen MR) is 80.0 cm³/mol. The standard InChI is InChI=1S/C16H16ClNO/c1-3-12-5-7-13(8-6-12)18-16(19)14-9-4-11(2)10-15(14)17/h4-10H,3H2,1-2H3,(H,18,19). The molecule has 0 spiro atoms. The minimum absolute atomic E-state index is 0.186. The Morgan fingerprint density at radius 2 is 1.84 bits per heavy atom. The summed E-state index contributed by atoms with van der Waals surface area (Å²) in [7, 11) is 0. The summed E-state index contributed by atoms with van der Waals surface area (Å²) in [5, 5.41) is 3.32. The van der Waals surface area contributed by atoms with Gasteiger partial charge in [-0.2, -0.15) is 0 Å². The topological polar surface area (TPSA) is 29.1 Å². The first-order chi connectivity index (χ1) is 9.10. The number of anilines is 1. The maximum atomic E-state index is 12.1. The molecule has 0 saturated carbocycles. The predicted octanol–water partition coefficient (Wildman–Crippen LogP) is 4.46. The number of halogens is 1. The molecule has 3 heteroatoms. The van der Waals surface area contributed by atoms with Crippen LogP contribution in [0.1, 0.15) is 28.4 Å². The lowest BCUT2D eigenvalue weighted by atomic mass is 10.1. The van der Waals surface area contributed by atoms with Gasteiger partial charge in [0.2, 0.25) is 0 Å². The van der Waals surface area contributed by atoms with Crippen molar-refractivity contribution in [3.05, 3.63) is 64.2 Å². The molecule has 19 heavy (non-hydrogen) atoms. The first kappa shape index (κ1) is 13.6. The van der Waals surface area contributed by atoms with Gasteiger partial charge in [0.1, 0.15) is 0 Å². The van der Waals surface area contributed by atoms with Crippen LogP contribution in [-0.2, 0) is 6.42 Å². The summed E-state index contributed by atoms with van der Waals surface area (Å²) in [6.07, 6.45) is 0.984. The van der Waals surface area contributed by atoms with Crippen molar-refractivity contribution in [2.75, 3.05) is 5.32 Å². The quantitative estimate of drug-likeness (QED) is 0.879. The number of hydrogen-bond acceptors (Lipinski definition) is 1. The average Bonchev–Trinajstić information content (AvgIpc) is 2.39. The van der Waals surface area contributed by atoms with Gasteiger partial charge in [0, 0.05) is 5.69 Å². The van der Waals surface area contributed by atoms with E-state index in [0.29, 0.717) is 10.6 Å². The van der Waals surface area contributed by atoms with Gasteiger partial charge in [-0.3, -0.25) is 4.79 Å². The molecule has 2 nitrogen and oxygen atoms in total. The minimum Gasteiger partial charge on any atom is -0.322 e. The Hall–Kier alpha value is -1.80. The van der Waals surface area contributed by atoms with Crippen molar-refractivity contribution in [3.63, 3.8) is 0 Å². The van der Waals surface area contributed by atoms with Gasteiger partial charge >= 0.3 is 0 Å². The molecule has 0 atom stereocenters. The van der Waals surface area contributed by atoms with Gasteiger partial charge in [-0.05, 0) is 48.7 Å². The average molecular weight is 274 g/mol. The van der Waals surface area contributed by atoms with Crippen LogP contribution in [0.25, 0.3) is 0 Å². The zero-order valence-electron chi connectivity index (χ0n) is 11.0. The molecule has 0 radical (unpaired) electrons. The minimum atomic E-state index is -0.186. The molecule has 0 aromatic heterocycles. The third kappa shape index (κ3) is 3.36. The third-order valence-corrected chi connectivity index (χ3v) is 3.30. The van der Waals surface area contributed by atoms with E-state index in [1.807, 2.05) is 37.3 Å². The largest absolute Gasteiger partial charge is 0.322 e. The fraction of sp³-hybridized carbons (Fsp3) is 0.188. The van der Waals surface area contributed by atoms with Gasteiger partial charge in [0.05, 0.1) is 10.6 Å². The summed E-state index contributed by atoms with van der Waals surface area (Å²) in [5.74, 6) is -0.186. The summed E-state index contributed by atoms with van der Waals surface area (Å²) in [4.78, 5) is 12.1. The van der Waals surface area contributed by atoms with Crippen LogP contribution >= 0.6 is 11.6 Å². The van der Waals surface area contributed by atoms with Crippen LogP contribution in [0.4, 0.5) is 5.69 Å². The summed E-state index contributed by atoms with van der Waals surface area (Å²) in [6.45, 7) is 4.04. The van der Waals surface area contributed by atoms with Crippen LogP contribution in [-0.4, -0.2) is 5.91 Å². The van der Waals surface area contributed by atoms with E-state index in [0.717, 1.165) is 17.7 Å². The smallest absolute Gasteiger partial charge is 0.257 e. The number of aryl methyl sites for hydroxylation is 2. The van der Waals surface area contributed by atoms with Gasteiger partial charge in [-0.25, -0.2) is 0 Å². The first-order valence-electron chi connectivity index (χ1n) is 6.26. The molecule has 1 N–H and O–H groups in total. The second kappa shape index (κ2) is 5.89. The molecular formula is C16H16ClNO. The van der Waals surface area contributed by atoms with Crippen LogP contribution in [0.5, 0.6) is 0 Å². The molecule has 0 saturated heterocycles. The highest BCUT2D eigenvalue weighted by Gasteiger charge is 2.10. The molecule has 0 aliphatic carbocycles. The van der Waals surface area contributed by atoms with E-state index in [-0.39, 0.29) is 5.91 Å². The van der Waals surface area contributed by atoms with Gasteiger partial charge < -0.3 is 5.32 Å². The van der Waals surface area contributed by atoms with Crippen LogP contribution in [0.2, 0.25) is 5.02 Å². The first-order valence-corrected chi connectivity index (χ1v) is 6.64. The van der Waals surface area contributed by atoms with E-state index in [4.69, 9.17) is 11.6 Å². The maximum absolute atomic E-state index is 12.1. The van der Waals surface area contributed by atoms with Gasteiger partial charge in [0.15, 0.2) is 0 Å². The summed E-state index contributed by atoms with van der Waals surface area (Å²) >= 11 is 6.08. The van der Waals surface area contributed by atoms with Crippen LogP contribution < -0.4 is 5.32 Å². The van der Waals surface area contributed by atoms with Crippen molar-refractivity contribution in [2.45, 2.75) is 20.3 Å². The lowest BCUT2D eigenvalue weighted by Gasteiger charge is -2.08. The lowest BCUT2D eigenvalue weighted by Crippen LogP contribution is -2.12. The normalized spacial score (nSPS) is 10.3. The Labute approximate surface area is 118 Å². The molecule has 0 bridgehead atoms. The van der Waals surface area contributed by atoms with Crippen LogP contribution in [0.3, 0.4) is 0 Å². The zero-order valence-corrected chi connectivity index (χ0v) is 11.8. The fourth-order valence-corrected chi connectivity index (χ4v) is 2.15. The highest BCUT2D eigenvalue weighted by Crippen LogP contribution is 2.19. The van der Waals surface area contributed by atoms with Crippen molar-refractivity contribution < 1.29 is 4.79 Å². The van der Waals surface area contributed by atoms with E-state index in [1.54, 1.807) is 12.1 Å². The number of rotatable bonds is 3. The molecule has 98 valence electrons.